The molecule has 0 spiro atoms. The van der Waals surface area contributed by atoms with E-state index in [0.29, 0.717) is 11.1 Å². The Balaban J connectivity index is 2.37. The average molecular weight is 457 g/mol. The lowest BCUT2D eigenvalue weighted by atomic mass is 10.1. The Kier molecular flexibility index (Phi) is 5.44. The average Bonchev–Trinajstić information content (AvgIpc) is 2.58. The van der Waals surface area contributed by atoms with Gasteiger partial charge in [-0.3, -0.25) is 9.29 Å². The normalized spacial score (nSPS) is 16.1. The first kappa shape index (κ1) is 21.6. The van der Waals surface area contributed by atoms with Crippen molar-refractivity contribution in [3.63, 3.8) is 0 Å². The molecule has 1 aromatic carbocycles. The van der Waals surface area contributed by atoms with E-state index in [1.54, 1.807) is 39.0 Å². The number of pyridine rings is 1. The second kappa shape index (κ2) is 7.30. The van der Waals surface area contributed by atoms with Crippen LogP contribution in [-0.4, -0.2) is 39.2 Å². The van der Waals surface area contributed by atoms with Crippen molar-refractivity contribution in [1.82, 2.24) is 4.98 Å². The van der Waals surface area contributed by atoms with E-state index in [9.17, 15) is 21.9 Å². The number of rotatable bonds is 4. The molecule has 0 bridgehead atoms. The Hall–Kier alpha value is -2.10. The van der Waals surface area contributed by atoms with Gasteiger partial charge in [-0.25, -0.2) is 16.8 Å². The zero-order valence-corrected chi connectivity index (χ0v) is 18.7. The Labute approximate surface area is 175 Å². The number of aromatic nitrogens is 1. The van der Waals surface area contributed by atoms with Crippen molar-refractivity contribution in [2.45, 2.75) is 32.6 Å². The van der Waals surface area contributed by atoms with Crippen molar-refractivity contribution in [3.8, 4) is 0 Å². The molecular weight excluding hydrogens is 436 g/mol. The summed E-state index contributed by atoms with van der Waals surface area (Å²) >= 11 is 6.58. The number of hydrogen-bond donors (Lipinski definition) is 1. The number of nitrogens with zero attached hydrogens (tertiary/aromatic N) is 2. The van der Waals surface area contributed by atoms with Crippen molar-refractivity contribution in [2.75, 3.05) is 10.6 Å². The smallest absolute Gasteiger partial charge is 0.232 e. The fourth-order valence-electron chi connectivity index (χ4n) is 3.51. The molecule has 0 amide bonds. The van der Waals surface area contributed by atoms with Crippen LogP contribution >= 0.6 is 11.6 Å². The number of hydrogen-bond acceptors (Lipinski definition) is 6. The van der Waals surface area contributed by atoms with Crippen LogP contribution in [0.25, 0.3) is 10.7 Å². The van der Waals surface area contributed by atoms with Crippen molar-refractivity contribution < 1.29 is 21.9 Å². The summed E-state index contributed by atoms with van der Waals surface area (Å²) < 4.78 is 51.9. The number of aryl methyl sites for hydroxylation is 1. The highest BCUT2D eigenvalue weighted by Gasteiger charge is 2.36. The van der Waals surface area contributed by atoms with E-state index in [0.717, 1.165) is 10.6 Å². The summed E-state index contributed by atoms with van der Waals surface area (Å²) in [5.74, 6) is -0.839. The number of aliphatic hydroxyl groups is 1. The Morgan fingerprint density at radius 1 is 1.24 bits per heavy atom. The molecule has 1 N–H and O–H groups in total. The van der Waals surface area contributed by atoms with Gasteiger partial charge in [-0.05, 0) is 38.0 Å². The molecule has 2 aromatic rings. The highest BCUT2D eigenvalue weighted by molar-refractivity contribution is 8.00. The first-order valence-corrected chi connectivity index (χ1v) is 12.6. The zero-order chi connectivity index (χ0) is 21.7. The second-order valence-electron chi connectivity index (χ2n) is 7.19. The van der Waals surface area contributed by atoms with Crippen molar-refractivity contribution in [2.24, 2.45) is 0 Å². The van der Waals surface area contributed by atoms with Gasteiger partial charge in [-0.2, -0.15) is 0 Å². The van der Waals surface area contributed by atoms with Crippen molar-refractivity contribution in [1.29, 1.82) is 0 Å². The first-order chi connectivity index (χ1) is 13.4. The van der Waals surface area contributed by atoms with Gasteiger partial charge in [0.05, 0.1) is 22.7 Å². The first-order valence-electron chi connectivity index (χ1n) is 8.75. The van der Waals surface area contributed by atoms with Crippen LogP contribution in [0.15, 0.2) is 30.5 Å². The molecule has 29 heavy (non-hydrogen) atoms. The fraction of sp³-hybridized carbons (Fsp3) is 0.316. The molecule has 3 rings (SSSR count). The fourth-order valence-corrected chi connectivity index (χ4v) is 7.03. The Bertz CT molecular complexity index is 1240. The van der Waals surface area contributed by atoms with Crippen LogP contribution in [0.4, 0.5) is 5.69 Å². The number of aliphatic hydroxyl groups excluding tert-OH is 1. The highest BCUT2D eigenvalue weighted by Crippen LogP contribution is 2.44. The third-order valence-corrected chi connectivity index (χ3v) is 8.02. The van der Waals surface area contributed by atoms with E-state index in [1.807, 2.05) is 0 Å². The van der Waals surface area contributed by atoms with Crippen LogP contribution in [0, 0.1) is 6.92 Å². The van der Waals surface area contributed by atoms with Gasteiger partial charge in [0, 0.05) is 17.8 Å². The standard InChI is InChI=1S/C19H21ClN2O5S2/c1-11(2)22(28(4,24)25)17-12(3)7-8-14(15(17)20)19-18(23)16-13(6-5-9-21-16)10-29(19,26)27/h5-9,11,23H,10H2,1-4H3. The molecule has 1 aliphatic rings. The van der Waals surface area contributed by atoms with E-state index in [-0.39, 0.29) is 32.6 Å². The van der Waals surface area contributed by atoms with E-state index in [2.05, 4.69) is 4.98 Å². The number of sulfonamides is 1. The quantitative estimate of drug-likeness (QED) is 0.754. The minimum Gasteiger partial charge on any atom is -0.504 e. The van der Waals surface area contributed by atoms with Crippen LogP contribution in [0.2, 0.25) is 5.02 Å². The number of anilines is 1. The molecule has 0 radical (unpaired) electrons. The molecule has 2 heterocycles. The molecule has 0 aliphatic carbocycles. The lowest BCUT2D eigenvalue weighted by molar-refractivity contribution is 0.508. The number of fused-ring (bicyclic) bond motifs is 1. The van der Waals surface area contributed by atoms with Gasteiger partial charge in [0.25, 0.3) is 0 Å². The molecule has 10 heteroatoms. The molecule has 7 nitrogen and oxygen atoms in total. The van der Waals surface area contributed by atoms with Crippen molar-refractivity contribution in [3.05, 3.63) is 57.9 Å². The lowest BCUT2D eigenvalue weighted by Crippen LogP contribution is -2.37. The van der Waals surface area contributed by atoms with Crippen LogP contribution in [0.1, 0.15) is 36.2 Å². The molecule has 0 saturated heterocycles. The second-order valence-corrected chi connectivity index (χ2v) is 11.4. The summed E-state index contributed by atoms with van der Waals surface area (Å²) in [5, 5.41) is 10.7. The Morgan fingerprint density at radius 2 is 1.90 bits per heavy atom. The predicted molar refractivity (Wildman–Crippen MR) is 115 cm³/mol. The molecular formula is C19H21ClN2O5S2. The lowest BCUT2D eigenvalue weighted by Gasteiger charge is -2.30. The van der Waals surface area contributed by atoms with Gasteiger partial charge in [-0.1, -0.05) is 29.8 Å². The van der Waals surface area contributed by atoms with Crippen LogP contribution in [0.3, 0.4) is 0 Å². The SMILES string of the molecule is Cc1ccc(C2=C(O)c3ncccc3CS2(=O)=O)c(Cl)c1N(C(C)C)S(C)(=O)=O. The maximum absolute atomic E-state index is 13.0. The van der Waals surface area contributed by atoms with Gasteiger partial charge in [0.2, 0.25) is 10.0 Å². The van der Waals surface area contributed by atoms with Gasteiger partial charge >= 0.3 is 0 Å². The molecule has 0 saturated carbocycles. The minimum absolute atomic E-state index is 0.0374. The summed E-state index contributed by atoms with van der Waals surface area (Å²) in [6.07, 6.45) is 2.51. The van der Waals surface area contributed by atoms with Crippen LogP contribution < -0.4 is 4.31 Å². The molecule has 0 unspecified atom stereocenters. The monoisotopic (exact) mass is 456 g/mol. The summed E-state index contributed by atoms with van der Waals surface area (Å²) in [6, 6.07) is 5.78. The molecule has 0 atom stereocenters. The van der Waals surface area contributed by atoms with Gasteiger partial charge in [-0.15, -0.1) is 0 Å². The molecule has 0 fully saturated rings. The summed E-state index contributed by atoms with van der Waals surface area (Å²) in [7, 11) is -7.63. The van der Waals surface area contributed by atoms with E-state index in [1.165, 1.54) is 12.3 Å². The molecule has 156 valence electrons. The Morgan fingerprint density at radius 3 is 2.48 bits per heavy atom. The van der Waals surface area contributed by atoms with Crippen molar-refractivity contribution >= 4 is 47.8 Å². The predicted octanol–water partition coefficient (Wildman–Crippen LogP) is 3.53. The van der Waals surface area contributed by atoms with Gasteiger partial charge in [0.15, 0.2) is 15.6 Å². The summed E-state index contributed by atoms with van der Waals surface area (Å²) in [5.41, 5.74) is 1.33. The number of sulfone groups is 1. The van der Waals surface area contributed by atoms with E-state index >= 15 is 0 Å². The molecule has 1 aliphatic heterocycles. The maximum Gasteiger partial charge on any atom is 0.232 e. The highest BCUT2D eigenvalue weighted by atomic mass is 35.5. The van der Waals surface area contributed by atoms with Crippen LogP contribution in [0.5, 0.6) is 0 Å². The topological polar surface area (TPSA) is 105 Å². The van der Waals surface area contributed by atoms with E-state index in [4.69, 9.17) is 11.6 Å². The van der Waals surface area contributed by atoms with Gasteiger partial charge < -0.3 is 5.11 Å². The third-order valence-electron chi connectivity index (χ3n) is 4.60. The zero-order valence-electron chi connectivity index (χ0n) is 16.3. The largest absolute Gasteiger partial charge is 0.504 e. The summed E-state index contributed by atoms with van der Waals surface area (Å²) in [4.78, 5) is 3.74. The van der Waals surface area contributed by atoms with Gasteiger partial charge in [0.1, 0.15) is 10.6 Å². The maximum atomic E-state index is 13.0. The number of benzene rings is 1. The minimum atomic E-state index is -3.94. The molecule has 1 aromatic heterocycles. The third kappa shape index (κ3) is 3.74. The van der Waals surface area contributed by atoms with E-state index < -0.39 is 31.7 Å². The van der Waals surface area contributed by atoms with Crippen LogP contribution in [-0.2, 0) is 25.6 Å². The summed E-state index contributed by atoms with van der Waals surface area (Å²) in [6.45, 7) is 5.07. The number of halogens is 1.